The van der Waals surface area contributed by atoms with Gasteiger partial charge in [-0.1, -0.05) is 31.9 Å². The molecule has 152 valence electrons. The minimum absolute atomic E-state index is 0.123. The Kier molecular flexibility index (Phi) is 8.38. The summed E-state index contributed by atoms with van der Waals surface area (Å²) in [5.41, 5.74) is 0.485. The van der Waals surface area contributed by atoms with E-state index in [4.69, 9.17) is 0 Å². The number of anilines is 1. The lowest BCUT2D eigenvalue weighted by Crippen LogP contribution is -2.39. The number of unbranched alkanes of at least 4 members (excludes halogenated alkanes) is 2. The number of thiazole rings is 1. The number of aromatic nitrogens is 1. The Labute approximate surface area is 169 Å². The lowest BCUT2D eigenvalue weighted by atomic mass is 10.2. The highest BCUT2D eigenvalue weighted by atomic mass is 32.1. The van der Waals surface area contributed by atoms with E-state index in [1.165, 1.54) is 23.5 Å². The van der Waals surface area contributed by atoms with E-state index >= 15 is 0 Å². The zero-order valence-electron chi connectivity index (χ0n) is 16.5. The van der Waals surface area contributed by atoms with Crippen molar-refractivity contribution in [2.75, 3.05) is 11.9 Å². The third kappa shape index (κ3) is 6.30. The van der Waals surface area contributed by atoms with Crippen LogP contribution in [0.2, 0.25) is 0 Å². The molecule has 0 saturated heterocycles. The first-order valence-corrected chi connectivity index (χ1v) is 10.3. The van der Waals surface area contributed by atoms with Gasteiger partial charge in [0.1, 0.15) is 16.5 Å². The van der Waals surface area contributed by atoms with Gasteiger partial charge in [-0.15, -0.1) is 11.3 Å². The smallest absolute Gasteiger partial charge is 0.322 e. The van der Waals surface area contributed by atoms with E-state index < -0.39 is 11.8 Å². The average Bonchev–Trinajstić information content (AvgIpc) is 3.13. The van der Waals surface area contributed by atoms with Gasteiger partial charge < -0.3 is 15.5 Å². The Bertz CT molecular complexity index is 794. The number of hydrogen-bond donors (Lipinski definition) is 2. The normalized spacial score (nSPS) is 10.8. The molecule has 28 heavy (non-hydrogen) atoms. The third-order valence-corrected chi connectivity index (χ3v) is 4.99. The first-order chi connectivity index (χ1) is 13.4. The molecule has 0 atom stereocenters. The van der Waals surface area contributed by atoms with Crippen LogP contribution in [0.3, 0.4) is 0 Å². The van der Waals surface area contributed by atoms with Gasteiger partial charge in [0.25, 0.3) is 5.91 Å². The summed E-state index contributed by atoms with van der Waals surface area (Å²) >= 11 is 1.33. The predicted molar refractivity (Wildman–Crippen MR) is 110 cm³/mol. The Morgan fingerprint density at radius 2 is 2.00 bits per heavy atom. The summed E-state index contributed by atoms with van der Waals surface area (Å²) in [4.78, 5) is 30.7. The molecular weight excluding hydrogens is 379 g/mol. The summed E-state index contributed by atoms with van der Waals surface area (Å²) in [6, 6.07) is 5.49. The van der Waals surface area contributed by atoms with E-state index in [1.54, 1.807) is 22.4 Å². The lowest BCUT2D eigenvalue weighted by Gasteiger charge is -2.26. The monoisotopic (exact) mass is 406 g/mol. The van der Waals surface area contributed by atoms with E-state index in [9.17, 15) is 14.0 Å². The van der Waals surface area contributed by atoms with Crippen molar-refractivity contribution in [1.82, 2.24) is 15.2 Å². The van der Waals surface area contributed by atoms with Crippen molar-refractivity contribution in [3.8, 4) is 0 Å². The number of halogens is 1. The van der Waals surface area contributed by atoms with Crippen molar-refractivity contribution < 1.29 is 14.0 Å². The molecule has 3 amide bonds. The van der Waals surface area contributed by atoms with Crippen molar-refractivity contribution >= 4 is 29.0 Å². The summed E-state index contributed by atoms with van der Waals surface area (Å²) < 4.78 is 13.8. The first-order valence-electron chi connectivity index (χ1n) is 9.47. The van der Waals surface area contributed by atoms with Crippen LogP contribution in [0.4, 0.5) is 14.9 Å². The molecule has 0 bridgehead atoms. The second-order valence-corrected chi connectivity index (χ2v) is 7.66. The number of nitrogens with one attached hydrogen (secondary N) is 2. The van der Waals surface area contributed by atoms with Crippen LogP contribution in [0.25, 0.3) is 0 Å². The molecule has 0 unspecified atom stereocenters. The van der Waals surface area contributed by atoms with Gasteiger partial charge in [0.2, 0.25) is 0 Å². The maximum Gasteiger partial charge on any atom is 0.322 e. The van der Waals surface area contributed by atoms with Crippen molar-refractivity contribution in [2.24, 2.45) is 0 Å². The van der Waals surface area contributed by atoms with E-state index in [1.807, 2.05) is 13.8 Å². The molecule has 0 saturated carbocycles. The summed E-state index contributed by atoms with van der Waals surface area (Å²) in [5.74, 6) is -0.693. The van der Waals surface area contributed by atoms with Gasteiger partial charge in [-0.25, -0.2) is 14.2 Å². The maximum absolute atomic E-state index is 13.8. The molecule has 2 aromatic rings. The number of hydrogen-bond acceptors (Lipinski definition) is 4. The Balaban J connectivity index is 1.99. The molecule has 0 aliphatic heterocycles. The molecule has 0 aliphatic carbocycles. The topological polar surface area (TPSA) is 74.3 Å². The van der Waals surface area contributed by atoms with Crippen LogP contribution in [-0.2, 0) is 6.54 Å². The summed E-state index contributed by atoms with van der Waals surface area (Å²) in [6.45, 7) is 6.72. The summed E-state index contributed by atoms with van der Waals surface area (Å²) in [7, 11) is 0. The van der Waals surface area contributed by atoms with Crippen LogP contribution in [0.1, 0.15) is 55.5 Å². The van der Waals surface area contributed by atoms with Gasteiger partial charge in [-0.05, 0) is 32.4 Å². The lowest BCUT2D eigenvalue weighted by molar-refractivity contribution is 0.0948. The van der Waals surface area contributed by atoms with Crippen molar-refractivity contribution in [3.05, 3.63) is 46.2 Å². The molecule has 0 fully saturated rings. The van der Waals surface area contributed by atoms with Crippen molar-refractivity contribution in [1.29, 1.82) is 0 Å². The van der Waals surface area contributed by atoms with Crippen LogP contribution in [0, 0.1) is 5.82 Å². The average molecular weight is 407 g/mol. The minimum atomic E-state index is -0.490. The quantitative estimate of drug-likeness (QED) is 0.596. The fraction of sp³-hybridized carbons (Fsp3) is 0.450. The maximum atomic E-state index is 13.8. The molecule has 0 aliphatic rings. The highest BCUT2D eigenvalue weighted by Gasteiger charge is 2.21. The van der Waals surface area contributed by atoms with Gasteiger partial charge in [0.05, 0.1) is 12.2 Å². The molecule has 0 radical (unpaired) electrons. The zero-order chi connectivity index (χ0) is 20.5. The number of rotatable bonds is 9. The molecule has 8 heteroatoms. The Morgan fingerprint density at radius 3 is 2.68 bits per heavy atom. The second kappa shape index (κ2) is 10.8. The number of nitrogens with zero attached hydrogens (tertiary/aromatic N) is 2. The van der Waals surface area contributed by atoms with E-state index in [2.05, 4.69) is 22.5 Å². The van der Waals surface area contributed by atoms with Crippen LogP contribution in [0.5, 0.6) is 0 Å². The molecule has 1 aromatic carbocycles. The number of carbonyl (C=O) groups excluding carboxylic acids is 2. The Morgan fingerprint density at radius 1 is 1.25 bits per heavy atom. The molecule has 1 aromatic heterocycles. The molecule has 2 rings (SSSR count). The second-order valence-electron chi connectivity index (χ2n) is 6.72. The van der Waals surface area contributed by atoms with E-state index in [0.29, 0.717) is 17.2 Å². The SMILES string of the molecule is CCCCCNC(=O)c1csc(CN(C(=O)Nc2ccccc2F)C(C)C)n1. The van der Waals surface area contributed by atoms with Crippen molar-refractivity contribution in [2.45, 2.75) is 52.6 Å². The predicted octanol–water partition coefficient (Wildman–Crippen LogP) is 4.64. The number of carbonyl (C=O) groups is 2. The van der Waals surface area contributed by atoms with Crippen LogP contribution >= 0.6 is 11.3 Å². The number of benzene rings is 1. The molecule has 2 N–H and O–H groups in total. The Hall–Kier alpha value is -2.48. The van der Waals surface area contributed by atoms with Gasteiger partial charge in [-0.2, -0.15) is 0 Å². The van der Waals surface area contributed by atoms with Gasteiger partial charge >= 0.3 is 6.03 Å². The number of amides is 3. The fourth-order valence-electron chi connectivity index (χ4n) is 2.54. The standard InChI is InChI=1S/C20H27FN4O2S/c1-4-5-8-11-22-19(26)17-13-28-18(23-17)12-25(14(2)3)20(27)24-16-10-7-6-9-15(16)21/h6-7,9-10,13-14H,4-5,8,11-12H2,1-3H3,(H,22,26)(H,24,27). The molecule has 0 spiro atoms. The van der Waals surface area contributed by atoms with Gasteiger partial charge in [0, 0.05) is 18.0 Å². The van der Waals surface area contributed by atoms with E-state index in [-0.39, 0.29) is 24.2 Å². The third-order valence-electron chi connectivity index (χ3n) is 4.16. The minimum Gasteiger partial charge on any atom is -0.351 e. The van der Waals surface area contributed by atoms with Crippen LogP contribution in [0.15, 0.2) is 29.6 Å². The van der Waals surface area contributed by atoms with Gasteiger partial charge in [0.15, 0.2) is 0 Å². The number of urea groups is 1. The van der Waals surface area contributed by atoms with Crippen molar-refractivity contribution in [3.63, 3.8) is 0 Å². The van der Waals surface area contributed by atoms with Crippen LogP contribution < -0.4 is 10.6 Å². The number of para-hydroxylation sites is 1. The van der Waals surface area contributed by atoms with Crippen LogP contribution in [-0.4, -0.2) is 34.4 Å². The zero-order valence-corrected chi connectivity index (χ0v) is 17.3. The molecule has 1 heterocycles. The van der Waals surface area contributed by atoms with Gasteiger partial charge in [-0.3, -0.25) is 4.79 Å². The first kappa shape index (κ1) is 21.8. The molecule has 6 nitrogen and oxygen atoms in total. The fourth-order valence-corrected chi connectivity index (χ4v) is 3.31. The summed E-state index contributed by atoms with van der Waals surface area (Å²) in [6.07, 6.45) is 3.11. The highest BCUT2D eigenvalue weighted by molar-refractivity contribution is 7.09. The molecular formula is C20H27FN4O2S. The highest BCUT2D eigenvalue weighted by Crippen LogP contribution is 2.18. The largest absolute Gasteiger partial charge is 0.351 e. The summed E-state index contributed by atoms with van der Waals surface area (Å²) in [5, 5.41) is 7.79. The van der Waals surface area contributed by atoms with E-state index in [0.717, 1.165) is 19.3 Å².